The molecule has 4 bridgehead atoms. The molecular weight excluding hydrogens is 306 g/mol. The summed E-state index contributed by atoms with van der Waals surface area (Å²) in [6.07, 6.45) is 7.54. The lowest BCUT2D eigenvalue weighted by Crippen LogP contribution is -2.54. The molecule has 0 saturated heterocycles. The predicted octanol–water partition coefficient (Wildman–Crippen LogP) is 5.04. The van der Waals surface area contributed by atoms with E-state index in [4.69, 9.17) is 16.3 Å². The van der Waals surface area contributed by atoms with Crippen molar-refractivity contribution in [2.24, 2.45) is 23.7 Å². The molecule has 5 rings (SSSR count). The van der Waals surface area contributed by atoms with E-state index in [1.165, 1.54) is 37.7 Å². The number of nitrogens with one attached hydrogen (secondary N) is 1. The first kappa shape index (κ1) is 15.8. The monoisotopic (exact) mass is 333 g/mol. The summed E-state index contributed by atoms with van der Waals surface area (Å²) in [5, 5.41) is 4.59. The van der Waals surface area contributed by atoms with Crippen LogP contribution in [-0.4, -0.2) is 12.1 Å². The van der Waals surface area contributed by atoms with Crippen molar-refractivity contribution >= 4 is 11.6 Å². The lowest BCUT2D eigenvalue weighted by atomic mass is 9.54. The lowest BCUT2D eigenvalue weighted by Gasteiger charge is -2.54. The van der Waals surface area contributed by atoms with E-state index in [0.29, 0.717) is 0 Å². The summed E-state index contributed by atoms with van der Waals surface area (Å²) in [5.74, 6) is 4.71. The molecule has 4 saturated carbocycles. The van der Waals surface area contributed by atoms with Crippen molar-refractivity contribution in [3.8, 4) is 5.75 Å². The number of benzene rings is 1. The second kappa shape index (κ2) is 6.29. The smallest absolute Gasteiger partial charge is 0.138 e. The zero-order valence-corrected chi connectivity index (χ0v) is 15.0. The van der Waals surface area contributed by atoms with Gasteiger partial charge >= 0.3 is 0 Å². The fourth-order valence-corrected chi connectivity index (χ4v) is 5.75. The normalized spacial score (nSPS) is 35.0. The number of rotatable bonds is 5. The van der Waals surface area contributed by atoms with Gasteiger partial charge in [-0.2, -0.15) is 0 Å². The molecule has 4 aliphatic rings. The van der Waals surface area contributed by atoms with E-state index >= 15 is 0 Å². The minimum Gasteiger partial charge on any atom is -0.489 e. The van der Waals surface area contributed by atoms with Crippen LogP contribution >= 0.6 is 11.6 Å². The molecule has 0 aromatic heterocycles. The van der Waals surface area contributed by atoms with Crippen LogP contribution in [0, 0.1) is 23.7 Å². The van der Waals surface area contributed by atoms with Gasteiger partial charge in [-0.15, -0.1) is 0 Å². The third-order valence-corrected chi connectivity index (χ3v) is 6.42. The second-order valence-electron chi connectivity index (χ2n) is 8.27. The number of hydrogen-bond donors (Lipinski definition) is 1. The summed E-state index contributed by atoms with van der Waals surface area (Å²) < 4.78 is 5.72. The summed E-state index contributed by atoms with van der Waals surface area (Å²) in [7, 11) is 0. The van der Waals surface area contributed by atoms with Crippen molar-refractivity contribution in [3.05, 3.63) is 28.8 Å². The Morgan fingerprint density at radius 1 is 1.09 bits per heavy atom. The first-order chi connectivity index (χ1) is 11.1. The van der Waals surface area contributed by atoms with Crippen molar-refractivity contribution in [1.82, 2.24) is 5.32 Å². The van der Waals surface area contributed by atoms with Crippen LogP contribution in [0.25, 0.3) is 0 Å². The van der Waals surface area contributed by atoms with Crippen molar-refractivity contribution in [2.75, 3.05) is 0 Å². The molecule has 0 atom stereocenters. The van der Waals surface area contributed by atoms with Crippen LogP contribution in [0.3, 0.4) is 0 Å². The molecule has 4 aliphatic carbocycles. The highest BCUT2D eigenvalue weighted by Gasteiger charge is 2.47. The SMILES string of the molecule is CC(C)Oc1ccc(CNC2C3CC4CC(C3)CC2C4)cc1Cl. The minimum absolute atomic E-state index is 0.157. The van der Waals surface area contributed by atoms with E-state index in [0.717, 1.165) is 47.0 Å². The maximum Gasteiger partial charge on any atom is 0.138 e. The van der Waals surface area contributed by atoms with E-state index < -0.39 is 0 Å². The predicted molar refractivity (Wildman–Crippen MR) is 94.9 cm³/mol. The Morgan fingerprint density at radius 2 is 1.74 bits per heavy atom. The molecule has 126 valence electrons. The summed E-state index contributed by atoms with van der Waals surface area (Å²) in [5.41, 5.74) is 1.26. The largest absolute Gasteiger partial charge is 0.489 e. The second-order valence-corrected chi connectivity index (χ2v) is 8.68. The standard InChI is InChI=1S/C20H28ClNO/c1-12(2)23-19-4-3-13(10-18(19)21)11-22-20-16-6-14-5-15(8-16)9-17(20)7-14/h3-4,10,12,14-17,20,22H,5-9,11H2,1-2H3. The van der Waals surface area contributed by atoms with E-state index in [-0.39, 0.29) is 6.10 Å². The van der Waals surface area contributed by atoms with Crippen LogP contribution in [0.5, 0.6) is 5.75 Å². The number of hydrogen-bond acceptors (Lipinski definition) is 2. The van der Waals surface area contributed by atoms with Gasteiger partial charge in [0.2, 0.25) is 0 Å². The van der Waals surface area contributed by atoms with Crippen molar-refractivity contribution in [1.29, 1.82) is 0 Å². The first-order valence-electron chi connectivity index (χ1n) is 9.27. The van der Waals surface area contributed by atoms with Gasteiger partial charge in [-0.25, -0.2) is 0 Å². The maximum atomic E-state index is 6.36. The molecule has 0 amide bonds. The summed E-state index contributed by atoms with van der Waals surface area (Å²) >= 11 is 6.36. The Morgan fingerprint density at radius 3 is 2.30 bits per heavy atom. The van der Waals surface area contributed by atoms with Gasteiger partial charge in [-0.3, -0.25) is 0 Å². The van der Waals surface area contributed by atoms with Crippen LogP contribution in [0.1, 0.15) is 51.5 Å². The van der Waals surface area contributed by atoms with Gasteiger partial charge in [-0.05, 0) is 87.3 Å². The lowest BCUT2D eigenvalue weighted by molar-refractivity contribution is -0.0142. The summed E-state index contributed by atoms with van der Waals surface area (Å²) in [4.78, 5) is 0. The average molecular weight is 334 g/mol. The Hall–Kier alpha value is -0.730. The number of halogens is 1. The molecule has 0 radical (unpaired) electrons. The van der Waals surface area contributed by atoms with E-state index in [1.807, 2.05) is 19.9 Å². The molecule has 0 unspecified atom stereocenters. The van der Waals surface area contributed by atoms with Gasteiger partial charge in [0.15, 0.2) is 0 Å². The fraction of sp³-hybridized carbons (Fsp3) is 0.700. The Kier molecular flexibility index (Phi) is 4.32. The molecule has 0 spiro atoms. The van der Waals surface area contributed by atoms with E-state index in [2.05, 4.69) is 17.4 Å². The molecule has 4 fully saturated rings. The highest BCUT2D eigenvalue weighted by molar-refractivity contribution is 6.32. The zero-order valence-electron chi connectivity index (χ0n) is 14.2. The van der Waals surface area contributed by atoms with Crippen molar-refractivity contribution < 1.29 is 4.74 Å². The quantitative estimate of drug-likeness (QED) is 0.814. The first-order valence-corrected chi connectivity index (χ1v) is 9.64. The van der Waals surface area contributed by atoms with Gasteiger partial charge in [0.25, 0.3) is 0 Å². The highest BCUT2D eigenvalue weighted by Crippen LogP contribution is 2.53. The molecule has 1 aromatic rings. The van der Waals surface area contributed by atoms with Gasteiger partial charge in [0, 0.05) is 12.6 Å². The van der Waals surface area contributed by atoms with E-state index in [1.54, 1.807) is 0 Å². The highest BCUT2D eigenvalue weighted by atomic mass is 35.5. The fourth-order valence-electron chi connectivity index (χ4n) is 5.50. The molecular formula is C20H28ClNO. The van der Waals surface area contributed by atoms with Crippen molar-refractivity contribution in [3.63, 3.8) is 0 Å². The topological polar surface area (TPSA) is 21.3 Å². The number of ether oxygens (including phenoxy) is 1. The maximum absolute atomic E-state index is 6.36. The van der Waals surface area contributed by atoms with Crippen LogP contribution in [-0.2, 0) is 6.54 Å². The molecule has 1 N–H and O–H groups in total. The Bertz CT molecular complexity index is 543. The summed E-state index contributed by atoms with van der Waals surface area (Å²) in [6.45, 7) is 4.98. The van der Waals surface area contributed by atoms with Gasteiger partial charge in [0.05, 0.1) is 11.1 Å². The average Bonchev–Trinajstić information content (AvgIpc) is 2.48. The Labute approximate surface area is 144 Å². The molecule has 1 aromatic carbocycles. The van der Waals surface area contributed by atoms with Gasteiger partial charge in [-0.1, -0.05) is 17.7 Å². The third-order valence-electron chi connectivity index (χ3n) is 6.13. The third kappa shape index (κ3) is 3.25. The molecule has 3 heteroatoms. The zero-order chi connectivity index (χ0) is 16.0. The van der Waals surface area contributed by atoms with Gasteiger partial charge in [0.1, 0.15) is 5.75 Å². The summed E-state index contributed by atoms with van der Waals surface area (Å²) in [6, 6.07) is 6.94. The molecule has 0 aliphatic heterocycles. The minimum atomic E-state index is 0.157. The van der Waals surface area contributed by atoms with E-state index in [9.17, 15) is 0 Å². The van der Waals surface area contributed by atoms with Gasteiger partial charge < -0.3 is 10.1 Å². The van der Waals surface area contributed by atoms with Crippen LogP contribution in [0.4, 0.5) is 0 Å². The van der Waals surface area contributed by atoms with Crippen molar-refractivity contribution in [2.45, 2.75) is 64.6 Å². The molecule has 0 heterocycles. The molecule has 23 heavy (non-hydrogen) atoms. The molecule has 2 nitrogen and oxygen atoms in total. The van der Waals surface area contributed by atoms with Crippen LogP contribution in [0.2, 0.25) is 5.02 Å². The van der Waals surface area contributed by atoms with Crippen LogP contribution < -0.4 is 10.1 Å². The Balaban J connectivity index is 1.38. The van der Waals surface area contributed by atoms with Crippen LogP contribution in [0.15, 0.2) is 18.2 Å².